The van der Waals surface area contributed by atoms with Crippen molar-refractivity contribution in [2.24, 2.45) is 0 Å². The molecule has 1 aliphatic rings. The van der Waals surface area contributed by atoms with Gasteiger partial charge in [0.1, 0.15) is 18.5 Å². The van der Waals surface area contributed by atoms with E-state index in [0.29, 0.717) is 48.3 Å². The van der Waals surface area contributed by atoms with E-state index in [2.05, 4.69) is 5.32 Å². The van der Waals surface area contributed by atoms with Gasteiger partial charge in [0.05, 0.1) is 17.7 Å². The first-order chi connectivity index (χ1) is 14.0. The van der Waals surface area contributed by atoms with E-state index < -0.39 is 5.25 Å². The summed E-state index contributed by atoms with van der Waals surface area (Å²) in [7, 11) is 1.35. The van der Waals surface area contributed by atoms with Crippen LogP contribution >= 0.6 is 23.4 Å². The van der Waals surface area contributed by atoms with Gasteiger partial charge in [0.15, 0.2) is 11.5 Å². The molecule has 154 valence electrons. The van der Waals surface area contributed by atoms with E-state index in [0.717, 1.165) is 10.5 Å². The average molecular weight is 436 g/mol. The molecule has 0 bridgehead atoms. The summed E-state index contributed by atoms with van der Waals surface area (Å²) >= 11 is 7.55. The molecular formula is C21H22ClNO5S. The fourth-order valence-electron chi connectivity index (χ4n) is 2.89. The standard InChI is InChI=1S/C21H22ClNO5S/c1-13(21(25)26-2)29-18-6-4-3-5-15(18)20(24)23-8-7-14-11-16(22)19-17(12-14)27-9-10-28-19/h3-6,11-13H,7-10H2,1-2H3,(H,23,24). The van der Waals surface area contributed by atoms with Gasteiger partial charge in [-0.1, -0.05) is 23.7 Å². The van der Waals surface area contributed by atoms with E-state index in [-0.39, 0.29) is 11.9 Å². The van der Waals surface area contributed by atoms with Crippen LogP contribution in [0.15, 0.2) is 41.3 Å². The molecule has 0 saturated heterocycles. The van der Waals surface area contributed by atoms with Gasteiger partial charge in [-0.25, -0.2) is 0 Å². The molecule has 0 spiro atoms. The van der Waals surface area contributed by atoms with Crippen LogP contribution in [0.25, 0.3) is 0 Å². The molecule has 0 fully saturated rings. The zero-order valence-electron chi connectivity index (χ0n) is 16.2. The van der Waals surface area contributed by atoms with Crippen molar-refractivity contribution >= 4 is 35.2 Å². The molecular weight excluding hydrogens is 414 g/mol. The van der Waals surface area contributed by atoms with Gasteiger partial charge >= 0.3 is 5.97 Å². The summed E-state index contributed by atoms with van der Waals surface area (Å²) in [6.07, 6.45) is 0.593. The minimum Gasteiger partial charge on any atom is -0.486 e. The molecule has 8 heteroatoms. The Balaban J connectivity index is 1.62. The van der Waals surface area contributed by atoms with E-state index in [9.17, 15) is 9.59 Å². The molecule has 1 amide bonds. The number of methoxy groups -OCH3 is 1. The summed E-state index contributed by atoms with van der Waals surface area (Å²) < 4.78 is 15.9. The number of ether oxygens (including phenoxy) is 3. The van der Waals surface area contributed by atoms with Crippen LogP contribution < -0.4 is 14.8 Å². The Bertz CT molecular complexity index is 905. The fourth-order valence-corrected chi connectivity index (χ4v) is 4.19. The Labute approximate surface area is 178 Å². The van der Waals surface area contributed by atoms with Gasteiger partial charge in [0.25, 0.3) is 5.91 Å². The van der Waals surface area contributed by atoms with E-state index in [1.165, 1.54) is 18.9 Å². The second kappa shape index (κ2) is 9.89. The Hall–Kier alpha value is -2.38. The van der Waals surface area contributed by atoms with Gasteiger partial charge in [-0.15, -0.1) is 11.8 Å². The molecule has 1 atom stereocenters. The lowest BCUT2D eigenvalue weighted by Crippen LogP contribution is -2.26. The van der Waals surface area contributed by atoms with E-state index >= 15 is 0 Å². The minimum absolute atomic E-state index is 0.200. The number of carbonyl (C=O) groups is 2. The third-order valence-electron chi connectivity index (χ3n) is 4.32. The third kappa shape index (κ3) is 5.36. The van der Waals surface area contributed by atoms with E-state index in [4.69, 9.17) is 25.8 Å². The Kier molecular flexibility index (Phi) is 7.28. The molecule has 3 rings (SSSR count). The first-order valence-electron chi connectivity index (χ1n) is 9.19. The van der Waals surface area contributed by atoms with Gasteiger partial charge in [-0.05, 0) is 43.2 Å². The van der Waals surface area contributed by atoms with Crippen molar-refractivity contribution in [2.75, 3.05) is 26.9 Å². The Morgan fingerprint density at radius 1 is 1.24 bits per heavy atom. The topological polar surface area (TPSA) is 73.9 Å². The number of halogens is 1. The Morgan fingerprint density at radius 2 is 2.00 bits per heavy atom. The minimum atomic E-state index is -0.409. The first-order valence-corrected chi connectivity index (χ1v) is 10.4. The number of nitrogens with one attached hydrogen (secondary N) is 1. The van der Waals surface area contributed by atoms with Gasteiger partial charge < -0.3 is 19.5 Å². The lowest BCUT2D eigenvalue weighted by Gasteiger charge is -2.20. The highest BCUT2D eigenvalue weighted by Gasteiger charge is 2.19. The molecule has 1 N–H and O–H groups in total. The van der Waals surface area contributed by atoms with Crippen molar-refractivity contribution in [1.82, 2.24) is 5.32 Å². The van der Waals surface area contributed by atoms with Crippen molar-refractivity contribution < 1.29 is 23.8 Å². The number of benzene rings is 2. The average Bonchev–Trinajstić information content (AvgIpc) is 2.73. The van der Waals surface area contributed by atoms with Crippen LogP contribution in [0.5, 0.6) is 11.5 Å². The predicted octanol–water partition coefficient (Wildman–Crippen LogP) is 3.74. The van der Waals surface area contributed by atoms with Crippen LogP contribution in [0, 0.1) is 0 Å². The number of thioether (sulfide) groups is 1. The molecule has 1 unspecified atom stereocenters. The molecule has 0 aliphatic carbocycles. The maximum Gasteiger partial charge on any atom is 0.318 e. The van der Waals surface area contributed by atoms with Crippen molar-refractivity contribution in [3.8, 4) is 11.5 Å². The number of rotatable bonds is 7. The first kappa shape index (κ1) is 21.3. The second-order valence-corrected chi connectivity index (χ2v) is 8.18. The molecule has 0 aromatic heterocycles. The molecule has 1 aliphatic heterocycles. The zero-order valence-corrected chi connectivity index (χ0v) is 17.8. The van der Waals surface area contributed by atoms with E-state index in [1.54, 1.807) is 19.1 Å². The van der Waals surface area contributed by atoms with E-state index in [1.807, 2.05) is 24.3 Å². The van der Waals surface area contributed by atoms with Gasteiger partial charge in [-0.2, -0.15) is 0 Å². The second-order valence-electron chi connectivity index (χ2n) is 6.39. The van der Waals surface area contributed by atoms with Crippen LogP contribution in [0.4, 0.5) is 0 Å². The maximum absolute atomic E-state index is 12.7. The largest absolute Gasteiger partial charge is 0.486 e. The summed E-state index contributed by atoms with van der Waals surface area (Å²) in [6.45, 7) is 3.15. The molecule has 1 heterocycles. The monoisotopic (exact) mass is 435 g/mol. The third-order valence-corrected chi connectivity index (χ3v) is 5.76. The number of hydrogen-bond donors (Lipinski definition) is 1. The molecule has 6 nitrogen and oxygen atoms in total. The van der Waals surface area contributed by atoms with Crippen LogP contribution in [0.2, 0.25) is 5.02 Å². The SMILES string of the molecule is COC(=O)C(C)Sc1ccccc1C(=O)NCCc1cc(Cl)c2c(c1)OCCO2. The normalized spacial score (nSPS) is 13.5. The number of esters is 1. The highest BCUT2D eigenvalue weighted by atomic mass is 35.5. The van der Waals surface area contributed by atoms with Crippen molar-refractivity contribution in [1.29, 1.82) is 0 Å². The zero-order chi connectivity index (χ0) is 20.8. The van der Waals surface area contributed by atoms with Crippen LogP contribution in [0.3, 0.4) is 0 Å². The maximum atomic E-state index is 12.7. The smallest absolute Gasteiger partial charge is 0.318 e. The highest BCUT2D eigenvalue weighted by molar-refractivity contribution is 8.00. The van der Waals surface area contributed by atoms with Crippen LogP contribution in [0.1, 0.15) is 22.8 Å². The summed E-state index contributed by atoms with van der Waals surface area (Å²) in [6, 6.07) is 10.9. The van der Waals surface area contributed by atoms with Crippen LogP contribution in [-0.4, -0.2) is 44.0 Å². The molecule has 2 aromatic rings. The summed E-state index contributed by atoms with van der Waals surface area (Å²) in [5.41, 5.74) is 1.47. The molecule has 0 radical (unpaired) electrons. The number of hydrogen-bond acceptors (Lipinski definition) is 6. The number of fused-ring (bicyclic) bond motifs is 1. The molecule has 2 aromatic carbocycles. The highest BCUT2D eigenvalue weighted by Crippen LogP contribution is 2.38. The quantitative estimate of drug-likeness (QED) is 0.527. The van der Waals surface area contributed by atoms with Crippen molar-refractivity contribution in [3.05, 3.63) is 52.5 Å². The van der Waals surface area contributed by atoms with Crippen LogP contribution in [-0.2, 0) is 16.0 Å². The number of carbonyl (C=O) groups excluding carboxylic acids is 2. The summed E-state index contributed by atoms with van der Waals surface area (Å²) in [5, 5.41) is 3.01. The lowest BCUT2D eigenvalue weighted by molar-refractivity contribution is -0.139. The van der Waals surface area contributed by atoms with Crippen molar-refractivity contribution in [2.45, 2.75) is 23.5 Å². The van der Waals surface area contributed by atoms with Gasteiger partial charge in [0, 0.05) is 11.4 Å². The van der Waals surface area contributed by atoms with Gasteiger partial charge in [-0.3, -0.25) is 9.59 Å². The van der Waals surface area contributed by atoms with Gasteiger partial charge in [0.2, 0.25) is 0 Å². The Morgan fingerprint density at radius 3 is 2.79 bits per heavy atom. The summed E-state index contributed by atoms with van der Waals surface area (Å²) in [5.74, 6) is 0.662. The number of amides is 1. The molecule has 29 heavy (non-hydrogen) atoms. The fraction of sp³-hybridized carbons (Fsp3) is 0.333. The van der Waals surface area contributed by atoms with Crippen molar-refractivity contribution in [3.63, 3.8) is 0 Å². The summed E-state index contributed by atoms with van der Waals surface area (Å²) in [4.78, 5) is 25.1. The molecule has 0 saturated carbocycles. The lowest BCUT2D eigenvalue weighted by atomic mass is 10.1. The predicted molar refractivity (Wildman–Crippen MR) is 112 cm³/mol.